The molecular formula is C4H7BCl3NSi. The highest BCUT2D eigenvalue weighted by molar-refractivity contribution is 7.36. The standard InChI is InChI=1S/C4H7BCl3NSi/c1-3-9(5(6)7)10(8)4-2/h3-4,10H,1-2H2. The van der Waals surface area contributed by atoms with Crippen LogP contribution in [0.5, 0.6) is 0 Å². The molecule has 1 unspecified atom stereocenters. The molecule has 1 nitrogen and oxygen atoms in total. The number of rotatable bonds is 4. The van der Waals surface area contributed by atoms with E-state index in [1.165, 1.54) is 6.20 Å². The van der Waals surface area contributed by atoms with Crippen LogP contribution in [0, 0.1) is 0 Å². The number of hydrogen-bond donors (Lipinski definition) is 0. The molecule has 0 aliphatic rings. The number of nitrogens with zero attached hydrogens (tertiary/aromatic N) is 1. The molecule has 0 radical (unpaired) electrons. The molecular weight excluding hydrogens is 207 g/mol. The minimum absolute atomic E-state index is 0.621. The maximum atomic E-state index is 5.83. The predicted molar refractivity (Wildman–Crippen MR) is 52.7 cm³/mol. The Labute approximate surface area is 77.6 Å². The Balaban J connectivity index is 4.04. The van der Waals surface area contributed by atoms with Gasteiger partial charge in [0, 0.05) is 0 Å². The quantitative estimate of drug-likeness (QED) is 0.511. The first-order chi connectivity index (χ1) is 4.63. The lowest BCUT2D eigenvalue weighted by atomic mass is 10.4. The molecule has 0 aromatic carbocycles. The summed E-state index contributed by atoms with van der Waals surface area (Å²) in [6, 6.07) is 0. The van der Waals surface area contributed by atoms with E-state index in [1.807, 2.05) is 0 Å². The van der Waals surface area contributed by atoms with Crippen molar-refractivity contribution >= 4 is 47.9 Å². The monoisotopic (exact) mass is 213 g/mol. The highest BCUT2D eigenvalue weighted by Crippen LogP contribution is 2.10. The minimum Gasteiger partial charge on any atom is -0.410 e. The number of halogens is 3. The molecule has 0 saturated carbocycles. The minimum atomic E-state index is -1.67. The van der Waals surface area contributed by atoms with Crippen molar-refractivity contribution in [1.29, 1.82) is 0 Å². The van der Waals surface area contributed by atoms with E-state index in [4.69, 9.17) is 34.0 Å². The molecule has 0 rings (SSSR count). The van der Waals surface area contributed by atoms with Gasteiger partial charge in [-0.15, -0.1) is 40.6 Å². The summed E-state index contributed by atoms with van der Waals surface area (Å²) in [5.41, 5.74) is 1.03. The van der Waals surface area contributed by atoms with E-state index in [9.17, 15) is 0 Å². The average Bonchev–Trinajstić information content (AvgIpc) is 1.88. The van der Waals surface area contributed by atoms with E-state index in [0.29, 0.717) is 0 Å². The summed E-state index contributed by atoms with van der Waals surface area (Å²) in [7, 11) is -1.67. The Morgan fingerprint density at radius 3 is 2.00 bits per heavy atom. The predicted octanol–water partition coefficient (Wildman–Crippen LogP) is 2.08. The van der Waals surface area contributed by atoms with Gasteiger partial charge in [-0.3, -0.25) is 0 Å². The van der Waals surface area contributed by atoms with Crippen molar-refractivity contribution in [3.8, 4) is 0 Å². The molecule has 56 valence electrons. The van der Waals surface area contributed by atoms with Crippen LogP contribution in [-0.2, 0) is 0 Å². The van der Waals surface area contributed by atoms with E-state index in [2.05, 4.69) is 13.2 Å². The van der Waals surface area contributed by atoms with Crippen LogP contribution in [0.1, 0.15) is 0 Å². The van der Waals surface area contributed by atoms with Crippen molar-refractivity contribution in [2.75, 3.05) is 0 Å². The van der Waals surface area contributed by atoms with Crippen LogP contribution in [0.4, 0.5) is 0 Å². The first-order valence-electron chi connectivity index (χ1n) is 2.58. The maximum Gasteiger partial charge on any atom is 0.459 e. The van der Waals surface area contributed by atoms with Gasteiger partial charge in [-0.2, -0.15) is 0 Å². The smallest absolute Gasteiger partial charge is 0.410 e. The second kappa shape index (κ2) is 5.13. The van der Waals surface area contributed by atoms with Gasteiger partial charge in [0.1, 0.15) is 0 Å². The molecule has 0 spiro atoms. The molecule has 0 N–H and O–H groups in total. The Morgan fingerprint density at radius 2 is 1.90 bits per heavy atom. The third-order valence-corrected chi connectivity index (χ3v) is 4.42. The second-order valence-electron chi connectivity index (χ2n) is 1.52. The largest absolute Gasteiger partial charge is 0.459 e. The molecule has 10 heavy (non-hydrogen) atoms. The van der Waals surface area contributed by atoms with Crippen LogP contribution in [0.2, 0.25) is 0 Å². The van der Waals surface area contributed by atoms with E-state index in [-0.39, 0.29) is 0 Å². The van der Waals surface area contributed by atoms with Gasteiger partial charge in [0.15, 0.2) is 0 Å². The molecule has 0 aromatic heterocycles. The van der Waals surface area contributed by atoms with E-state index < -0.39 is 13.9 Å². The topological polar surface area (TPSA) is 3.24 Å². The molecule has 0 aromatic rings. The van der Waals surface area contributed by atoms with Crippen molar-refractivity contribution < 1.29 is 0 Å². The summed E-state index contributed by atoms with van der Waals surface area (Å²) in [4.78, 5) is 0. The molecule has 0 amide bonds. The van der Waals surface area contributed by atoms with Crippen LogP contribution in [0.15, 0.2) is 25.1 Å². The summed E-state index contributed by atoms with van der Waals surface area (Å²) in [5, 5.41) is 0. The zero-order valence-electron chi connectivity index (χ0n) is 5.30. The van der Waals surface area contributed by atoms with Gasteiger partial charge in [-0.25, -0.2) is 0 Å². The SMILES string of the molecule is C=CN(B(Cl)Cl)[SiH](Cl)C=C. The van der Waals surface area contributed by atoms with Crippen LogP contribution < -0.4 is 0 Å². The highest BCUT2D eigenvalue weighted by atomic mass is 35.6. The molecule has 0 aliphatic heterocycles. The fourth-order valence-electron chi connectivity index (χ4n) is 0.410. The van der Waals surface area contributed by atoms with Gasteiger partial charge in [0.05, 0.1) is 0 Å². The third kappa shape index (κ3) is 3.01. The zero-order chi connectivity index (χ0) is 8.15. The van der Waals surface area contributed by atoms with Gasteiger partial charge < -0.3 is 4.48 Å². The fraction of sp³-hybridized carbons (Fsp3) is 0. The summed E-state index contributed by atoms with van der Waals surface area (Å²) >= 11 is 16.9. The normalized spacial score (nSPS) is 11.9. The van der Waals surface area contributed by atoms with Crippen LogP contribution in [0.3, 0.4) is 0 Å². The van der Waals surface area contributed by atoms with Crippen LogP contribution in [0.25, 0.3) is 0 Å². The Morgan fingerprint density at radius 1 is 1.40 bits per heavy atom. The Bertz CT molecular complexity index is 132. The maximum absolute atomic E-state index is 5.83. The van der Waals surface area contributed by atoms with Crippen molar-refractivity contribution in [2.45, 2.75) is 0 Å². The van der Waals surface area contributed by atoms with Gasteiger partial charge in [0.2, 0.25) is 0 Å². The summed E-state index contributed by atoms with van der Waals surface area (Å²) in [6.45, 7) is 7.05. The highest BCUT2D eigenvalue weighted by Gasteiger charge is 2.20. The van der Waals surface area contributed by atoms with Crippen molar-refractivity contribution in [3.63, 3.8) is 0 Å². The summed E-state index contributed by atoms with van der Waals surface area (Å²) in [5.74, 6) is 0. The van der Waals surface area contributed by atoms with Crippen molar-refractivity contribution in [2.24, 2.45) is 0 Å². The Kier molecular flexibility index (Phi) is 5.35. The molecule has 0 aliphatic carbocycles. The van der Waals surface area contributed by atoms with Crippen molar-refractivity contribution in [1.82, 2.24) is 4.48 Å². The first-order valence-corrected chi connectivity index (χ1v) is 6.38. The van der Waals surface area contributed by atoms with E-state index in [1.54, 1.807) is 10.2 Å². The van der Waals surface area contributed by atoms with Gasteiger partial charge in [-0.1, -0.05) is 12.3 Å². The lowest BCUT2D eigenvalue weighted by Crippen LogP contribution is -2.35. The van der Waals surface area contributed by atoms with Crippen LogP contribution >= 0.6 is 34.0 Å². The summed E-state index contributed by atoms with van der Waals surface area (Å²) in [6.07, 6.45) is 1.52. The third-order valence-electron chi connectivity index (χ3n) is 0.916. The van der Waals surface area contributed by atoms with E-state index in [0.717, 1.165) is 0 Å². The van der Waals surface area contributed by atoms with Gasteiger partial charge in [-0.05, 0) is 6.20 Å². The summed E-state index contributed by atoms with van der Waals surface area (Å²) < 4.78 is 1.59. The lowest BCUT2D eigenvalue weighted by molar-refractivity contribution is 0.951. The molecule has 0 saturated heterocycles. The average molecular weight is 214 g/mol. The lowest BCUT2D eigenvalue weighted by Gasteiger charge is -2.20. The molecule has 1 atom stereocenters. The second-order valence-corrected chi connectivity index (χ2v) is 5.72. The van der Waals surface area contributed by atoms with Crippen LogP contribution in [-0.4, -0.2) is 18.4 Å². The Hall–Kier alpha value is 0.432. The number of hydrogen-bond acceptors (Lipinski definition) is 1. The van der Waals surface area contributed by atoms with Gasteiger partial charge >= 0.3 is 5.68 Å². The fourth-order valence-corrected chi connectivity index (χ4v) is 2.88. The van der Waals surface area contributed by atoms with Crippen molar-refractivity contribution in [3.05, 3.63) is 25.1 Å². The molecule has 0 fully saturated rings. The van der Waals surface area contributed by atoms with E-state index >= 15 is 0 Å². The molecule has 0 heterocycles. The molecule has 0 bridgehead atoms. The van der Waals surface area contributed by atoms with Gasteiger partial charge in [0.25, 0.3) is 8.27 Å². The zero-order valence-corrected chi connectivity index (χ0v) is 8.73. The molecule has 6 heteroatoms. The first kappa shape index (κ1) is 10.4.